The van der Waals surface area contributed by atoms with Crippen molar-refractivity contribution < 1.29 is 0 Å². The fourth-order valence-electron chi connectivity index (χ4n) is 1.49. The van der Waals surface area contributed by atoms with E-state index in [1.165, 1.54) is 5.56 Å². The fraction of sp³-hybridized carbons (Fsp3) is 0.500. The van der Waals surface area contributed by atoms with Crippen LogP contribution < -0.4 is 5.73 Å². The first-order valence-electron chi connectivity index (χ1n) is 5.23. The number of benzene rings is 1. The van der Waals surface area contributed by atoms with Gasteiger partial charge in [-0.05, 0) is 37.0 Å². The van der Waals surface area contributed by atoms with E-state index in [-0.39, 0.29) is 0 Å². The van der Waals surface area contributed by atoms with E-state index in [1.54, 1.807) is 0 Å². The van der Waals surface area contributed by atoms with Crippen LogP contribution in [0, 0.1) is 0 Å². The number of aryl methyl sites for hydroxylation is 1. The Morgan fingerprint density at radius 3 is 2.50 bits per heavy atom. The van der Waals surface area contributed by atoms with E-state index in [1.807, 2.05) is 6.07 Å². The standard InChI is InChI=1S/C12H19NS/c13-12(7-4-10-14)9-8-11-5-2-1-3-6-11/h1-3,5-6,12,14H,4,7-10,13H2/t12-/m0/s1. The minimum absolute atomic E-state index is 0.336. The van der Waals surface area contributed by atoms with Gasteiger partial charge in [0.1, 0.15) is 0 Å². The molecular weight excluding hydrogens is 190 g/mol. The molecule has 0 aliphatic carbocycles. The molecule has 0 heterocycles. The lowest BCUT2D eigenvalue weighted by atomic mass is 10.0. The third-order valence-corrected chi connectivity index (χ3v) is 2.70. The number of nitrogens with two attached hydrogens (primary N) is 1. The molecule has 0 saturated heterocycles. The van der Waals surface area contributed by atoms with E-state index in [0.29, 0.717) is 6.04 Å². The van der Waals surface area contributed by atoms with Gasteiger partial charge in [0.2, 0.25) is 0 Å². The fourth-order valence-corrected chi connectivity index (χ4v) is 1.68. The molecule has 0 amide bonds. The molecule has 0 unspecified atom stereocenters. The van der Waals surface area contributed by atoms with Crippen molar-refractivity contribution in [2.45, 2.75) is 31.7 Å². The Hall–Kier alpha value is -0.470. The molecule has 1 aromatic rings. The van der Waals surface area contributed by atoms with Crippen LogP contribution in [0.1, 0.15) is 24.8 Å². The van der Waals surface area contributed by atoms with Crippen LogP contribution in [0.4, 0.5) is 0 Å². The highest BCUT2D eigenvalue weighted by Crippen LogP contribution is 2.07. The van der Waals surface area contributed by atoms with Crippen LogP contribution >= 0.6 is 12.6 Å². The van der Waals surface area contributed by atoms with Crippen LogP contribution in [0.5, 0.6) is 0 Å². The van der Waals surface area contributed by atoms with Crippen molar-refractivity contribution in [3.05, 3.63) is 35.9 Å². The Morgan fingerprint density at radius 2 is 1.86 bits per heavy atom. The summed E-state index contributed by atoms with van der Waals surface area (Å²) in [6, 6.07) is 10.9. The number of hydrogen-bond donors (Lipinski definition) is 2. The zero-order valence-corrected chi connectivity index (χ0v) is 9.42. The summed E-state index contributed by atoms with van der Waals surface area (Å²) in [7, 11) is 0. The van der Waals surface area contributed by atoms with Gasteiger partial charge in [-0.2, -0.15) is 12.6 Å². The van der Waals surface area contributed by atoms with E-state index >= 15 is 0 Å². The Morgan fingerprint density at radius 1 is 1.14 bits per heavy atom. The van der Waals surface area contributed by atoms with Crippen molar-refractivity contribution in [2.75, 3.05) is 5.75 Å². The van der Waals surface area contributed by atoms with E-state index in [9.17, 15) is 0 Å². The highest BCUT2D eigenvalue weighted by atomic mass is 32.1. The average molecular weight is 209 g/mol. The van der Waals surface area contributed by atoms with Crippen molar-refractivity contribution in [2.24, 2.45) is 5.73 Å². The van der Waals surface area contributed by atoms with E-state index in [2.05, 4.69) is 36.9 Å². The molecule has 0 saturated carbocycles. The van der Waals surface area contributed by atoms with Gasteiger partial charge in [0.05, 0.1) is 0 Å². The Bertz CT molecular complexity index is 235. The van der Waals surface area contributed by atoms with Crippen molar-refractivity contribution in [1.82, 2.24) is 0 Å². The smallest absolute Gasteiger partial charge is 0.00422 e. The zero-order chi connectivity index (χ0) is 10.2. The molecule has 0 aliphatic heterocycles. The maximum Gasteiger partial charge on any atom is 0.00422 e. The second-order valence-electron chi connectivity index (χ2n) is 3.65. The molecule has 0 aromatic heterocycles. The normalized spacial score (nSPS) is 12.7. The lowest BCUT2D eigenvalue weighted by Crippen LogP contribution is -2.20. The highest BCUT2D eigenvalue weighted by Gasteiger charge is 2.01. The predicted molar refractivity (Wildman–Crippen MR) is 65.8 cm³/mol. The maximum absolute atomic E-state index is 5.97. The van der Waals surface area contributed by atoms with E-state index < -0.39 is 0 Å². The van der Waals surface area contributed by atoms with Gasteiger partial charge in [0, 0.05) is 6.04 Å². The summed E-state index contributed by atoms with van der Waals surface area (Å²) in [5.74, 6) is 0.943. The molecule has 0 spiro atoms. The van der Waals surface area contributed by atoms with Crippen LogP contribution in [0.2, 0.25) is 0 Å². The Labute approximate surface area is 92.1 Å². The first-order valence-corrected chi connectivity index (χ1v) is 5.86. The summed E-state index contributed by atoms with van der Waals surface area (Å²) in [5.41, 5.74) is 7.36. The van der Waals surface area contributed by atoms with Gasteiger partial charge in [0.15, 0.2) is 0 Å². The second-order valence-corrected chi connectivity index (χ2v) is 4.10. The van der Waals surface area contributed by atoms with E-state index in [0.717, 1.165) is 31.4 Å². The topological polar surface area (TPSA) is 26.0 Å². The zero-order valence-electron chi connectivity index (χ0n) is 8.52. The molecule has 2 heteroatoms. The first kappa shape index (κ1) is 11.6. The molecule has 1 nitrogen and oxygen atoms in total. The van der Waals surface area contributed by atoms with Crippen molar-refractivity contribution in [3.8, 4) is 0 Å². The van der Waals surface area contributed by atoms with Crippen LogP contribution in [-0.2, 0) is 6.42 Å². The van der Waals surface area contributed by atoms with Gasteiger partial charge in [-0.3, -0.25) is 0 Å². The number of rotatable bonds is 6. The van der Waals surface area contributed by atoms with Gasteiger partial charge in [-0.15, -0.1) is 0 Å². The molecule has 0 fully saturated rings. The molecule has 0 radical (unpaired) electrons. The van der Waals surface area contributed by atoms with Crippen LogP contribution in [0.3, 0.4) is 0 Å². The maximum atomic E-state index is 5.97. The van der Waals surface area contributed by atoms with E-state index in [4.69, 9.17) is 5.73 Å². The molecule has 0 bridgehead atoms. The summed E-state index contributed by atoms with van der Waals surface area (Å²) in [6.07, 6.45) is 4.39. The molecule has 78 valence electrons. The predicted octanol–water partition coefficient (Wildman–Crippen LogP) is 2.66. The van der Waals surface area contributed by atoms with Crippen LogP contribution in [-0.4, -0.2) is 11.8 Å². The van der Waals surface area contributed by atoms with Gasteiger partial charge >= 0.3 is 0 Å². The third kappa shape index (κ3) is 4.68. The molecule has 1 atom stereocenters. The summed E-state index contributed by atoms with van der Waals surface area (Å²) in [5, 5.41) is 0. The SMILES string of the molecule is N[C@@H](CCCS)CCc1ccccc1. The minimum Gasteiger partial charge on any atom is -0.328 e. The summed E-state index contributed by atoms with van der Waals surface area (Å²) in [4.78, 5) is 0. The molecule has 14 heavy (non-hydrogen) atoms. The lowest BCUT2D eigenvalue weighted by molar-refractivity contribution is 0.563. The molecule has 0 aliphatic rings. The quantitative estimate of drug-likeness (QED) is 0.692. The first-order chi connectivity index (χ1) is 6.83. The third-order valence-electron chi connectivity index (χ3n) is 2.38. The molecule has 1 aromatic carbocycles. The van der Waals surface area contributed by atoms with Gasteiger partial charge < -0.3 is 5.73 Å². The van der Waals surface area contributed by atoms with Crippen LogP contribution in [0.15, 0.2) is 30.3 Å². The molecule has 2 N–H and O–H groups in total. The molecular formula is C12H19NS. The van der Waals surface area contributed by atoms with Crippen molar-refractivity contribution >= 4 is 12.6 Å². The molecule has 1 rings (SSSR count). The summed E-state index contributed by atoms with van der Waals surface area (Å²) >= 11 is 4.18. The van der Waals surface area contributed by atoms with Crippen molar-refractivity contribution in [3.63, 3.8) is 0 Å². The summed E-state index contributed by atoms with van der Waals surface area (Å²) in [6.45, 7) is 0. The minimum atomic E-state index is 0.336. The monoisotopic (exact) mass is 209 g/mol. The summed E-state index contributed by atoms with van der Waals surface area (Å²) < 4.78 is 0. The van der Waals surface area contributed by atoms with Gasteiger partial charge in [0.25, 0.3) is 0 Å². The lowest BCUT2D eigenvalue weighted by Gasteiger charge is -2.10. The Kier molecular flexibility index (Phi) is 5.72. The average Bonchev–Trinajstić information content (AvgIpc) is 2.25. The number of hydrogen-bond acceptors (Lipinski definition) is 2. The second kappa shape index (κ2) is 6.91. The van der Waals surface area contributed by atoms with Gasteiger partial charge in [-0.25, -0.2) is 0 Å². The highest BCUT2D eigenvalue weighted by molar-refractivity contribution is 7.80. The van der Waals surface area contributed by atoms with Gasteiger partial charge in [-0.1, -0.05) is 30.3 Å². The van der Waals surface area contributed by atoms with Crippen molar-refractivity contribution in [1.29, 1.82) is 0 Å². The largest absolute Gasteiger partial charge is 0.328 e. The Balaban J connectivity index is 2.20. The van der Waals surface area contributed by atoms with Crippen LogP contribution in [0.25, 0.3) is 0 Å². The number of thiol groups is 1.